The first-order valence-electron chi connectivity index (χ1n) is 3.92. The van der Waals surface area contributed by atoms with Crippen LogP contribution in [0, 0.1) is 5.41 Å². The van der Waals surface area contributed by atoms with Crippen molar-refractivity contribution in [2.45, 2.75) is 12.7 Å². The monoisotopic (exact) mass is 219 g/mol. The Hall–Kier alpha value is -1.79. The summed E-state index contributed by atoms with van der Waals surface area (Å²) in [5, 5.41) is 7.31. The first-order chi connectivity index (χ1) is 6.82. The molecule has 1 aromatic rings. The molecule has 0 radical (unpaired) electrons. The average molecular weight is 219 g/mol. The second-order valence-electron chi connectivity index (χ2n) is 2.86. The van der Waals surface area contributed by atoms with Gasteiger partial charge in [0.1, 0.15) is 5.49 Å². The summed E-state index contributed by atoms with van der Waals surface area (Å²) in [5.41, 5.74) is 5.02. The average Bonchev–Trinajstić information content (AvgIpc) is 2.11. The molecule has 15 heavy (non-hydrogen) atoms. The molecule has 0 aliphatic rings. The highest BCUT2D eigenvalue weighted by Crippen LogP contribution is 2.16. The van der Waals surface area contributed by atoms with Crippen LogP contribution >= 0.6 is 0 Å². The van der Waals surface area contributed by atoms with Crippen LogP contribution in [0.3, 0.4) is 0 Å². The van der Waals surface area contributed by atoms with Gasteiger partial charge in [0, 0.05) is 6.20 Å². The van der Waals surface area contributed by atoms with Gasteiger partial charge in [-0.3, -0.25) is 10.2 Å². The Kier molecular flexibility index (Phi) is 2.83. The Balaban J connectivity index is 2.97. The molecule has 82 valence electrons. The zero-order valence-corrected chi connectivity index (χ0v) is 7.51. The fourth-order valence-corrected chi connectivity index (χ4v) is 0.946. The van der Waals surface area contributed by atoms with Crippen LogP contribution in [0.1, 0.15) is 0 Å². The number of nitrogen functional groups attached to an aromatic ring is 1. The number of halogens is 3. The van der Waals surface area contributed by atoms with E-state index >= 15 is 0 Å². The summed E-state index contributed by atoms with van der Waals surface area (Å²) in [5.74, 6) is -1.91. The number of Topliss-reactive ketones (excluding diaryl/α,β-unsaturated/α-hetero) is 1. The number of rotatable bonds is 2. The smallest absolute Gasteiger partial charge is 0.396 e. The van der Waals surface area contributed by atoms with Crippen molar-refractivity contribution in [1.29, 1.82) is 5.41 Å². The molecular formula is C8H8F3N3O. The lowest BCUT2D eigenvalue weighted by Gasteiger charge is -2.08. The summed E-state index contributed by atoms with van der Waals surface area (Å²) in [4.78, 5) is 10.6. The lowest BCUT2D eigenvalue weighted by molar-refractivity contribution is -0.171. The fraction of sp³-hybridized carbons (Fsp3) is 0.250. The van der Waals surface area contributed by atoms with E-state index in [1.165, 1.54) is 18.3 Å². The molecule has 1 heterocycles. The molecule has 0 amide bonds. The molecule has 0 aliphatic carbocycles. The number of nitrogens with one attached hydrogen (secondary N) is 1. The van der Waals surface area contributed by atoms with Crippen LogP contribution in [-0.4, -0.2) is 16.5 Å². The van der Waals surface area contributed by atoms with E-state index in [-0.39, 0.29) is 11.2 Å². The zero-order valence-electron chi connectivity index (χ0n) is 7.51. The summed E-state index contributed by atoms with van der Waals surface area (Å²) in [6.45, 7) is -0.923. The lowest BCUT2D eigenvalue weighted by atomic mass is 10.3. The zero-order chi connectivity index (χ0) is 11.6. The Morgan fingerprint density at radius 3 is 2.67 bits per heavy atom. The number of nitrogens with zero attached hydrogens (tertiary/aromatic N) is 1. The third-order valence-electron chi connectivity index (χ3n) is 1.73. The van der Waals surface area contributed by atoms with Crippen molar-refractivity contribution in [1.82, 2.24) is 4.57 Å². The SMILES string of the molecule is N=c1c(N)cccn1CC(=O)C(F)(F)F. The third kappa shape index (κ3) is 2.58. The van der Waals surface area contributed by atoms with Gasteiger partial charge in [0.15, 0.2) is 0 Å². The molecule has 0 bridgehead atoms. The minimum atomic E-state index is -4.88. The van der Waals surface area contributed by atoms with E-state index in [0.29, 0.717) is 0 Å². The van der Waals surface area contributed by atoms with E-state index in [0.717, 1.165) is 4.57 Å². The minimum absolute atomic E-state index is 0.0208. The van der Waals surface area contributed by atoms with E-state index in [2.05, 4.69) is 0 Å². The minimum Gasteiger partial charge on any atom is -0.396 e. The maximum Gasteiger partial charge on any atom is 0.451 e. The molecule has 0 fully saturated rings. The van der Waals surface area contributed by atoms with Gasteiger partial charge in [-0.25, -0.2) is 0 Å². The van der Waals surface area contributed by atoms with Gasteiger partial charge in [-0.2, -0.15) is 13.2 Å². The maximum absolute atomic E-state index is 11.9. The Bertz CT molecular complexity index is 435. The largest absolute Gasteiger partial charge is 0.451 e. The van der Waals surface area contributed by atoms with Crippen LogP contribution in [0.4, 0.5) is 18.9 Å². The van der Waals surface area contributed by atoms with Gasteiger partial charge in [0.2, 0.25) is 0 Å². The molecule has 0 aromatic carbocycles. The van der Waals surface area contributed by atoms with Gasteiger partial charge in [-0.15, -0.1) is 0 Å². The Morgan fingerprint density at radius 1 is 1.53 bits per heavy atom. The molecule has 1 aromatic heterocycles. The van der Waals surface area contributed by atoms with Crippen molar-refractivity contribution in [2.75, 3.05) is 5.73 Å². The van der Waals surface area contributed by atoms with Crippen LogP contribution < -0.4 is 11.2 Å². The van der Waals surface area contributed by atoms with E-state index in [1.807, 2.05) is 0 Å². The van der Waals surface area contributed by atoms with Crippen molar-refractivity contribution in [3.63, 3.8) is 0 Å². The quantitative estimate of drug-likeness (QED) is 0.767. The molecule has 0 saturated heterocycles. The van der Waals surface area contributed by atoms with Crippen LogP contribution in [0.2, 0.25) is 0 Å². The van der Waals surface area contributed by atoms with Crippen LogP contribution in [0.5, 0.6) is 0 Å². The Morgan fingerprint density at radius 2 is 2.13 bits per heavy atom. The van der Waals surface area contributed by atoms with E-state index in [4.69, 9.17) is 11.1 Å². The van der Waals surface area contributed by atoms with E-state index < -0.39 is 18.5 Å². The fourth-order valence-electron chi connectivity index (χ4n) is 0.946. The molecule has 7 heteroatoms. The predicted molar refractivity (Wildman–Crippen MR) is 45.8 cm³/mol. The van der Waals surface area contributed by atoms with Gasteiger partial charge in [0.25, 0.3) is 5.78 Å². The first kappa shape index (κ1) is 11.3. The molecule has 0 spiro atoms. The van der Waals surface area contributed by atoms with Gasteiger partial charge in [-0.1, -0.05) is 0 Å². The standard InChI is InChI=1S/C8H8F3N3O/c9-8(10,11)6(15)4-14-3-1-2-5(12)7(14)13/h1-3,13H,4,12H2. The highest BCUT2D eigenvalue weighted by Gasteiger charge is 2.38. The second kappa shape index (κ2) is 3.76. The molecule has 0 atom stereocenters. The summed E-state index contributed by atoms with van der Waals surface area (Å²) in [6, 6.07) is 2.74. The van der Waals surface area contributed by atoms with Crippen molar-refractivity contribution in [3.8, 4) is 0 Å². The van der Waals surface area contributed by atoms with Gasteiger partial charge in [-0.05, 0) is 12.1 Å². The lowest BCUT2D eigenvalue weighted by Crippen LogP contribution is -2.32. The molecule has 3 N–H and O–H groups in total. The molecule has 0 saturated carbocycles. The molecule has 4 nitrogen and oxygen atoms in total. The summed E-state index contributed by atoms with van der Waals surface area (Å²) < 4.78 is 36.6. The van der Waals surface area contributed by atoms with Crippen molar-refractivity contribution in [3.05, 3.63) is 23.8 Å². The first-order valence-corrected chi connectivity index (χ1v) is 3.92. The van der Waals surface area contributed by atoms with E-state index in [9.17, 15) is 18.0 Å². The molecule has 0 unspecified atom stereocenters. The number of nitrogens with two attached hydrogens (primary N) is 1. The Labute approximate surface area is 82.6 Å². The number of pyridine rings is 1. The highest BCUT2D eigenvalue weighted by molar-refractivity contribution is 5.83. The molecule has 0 aliphatic heterocycles. The predicted octanol–water partition coefficient (Wildman–Crippen LogP) is 0.681. The summed E-state index contributed by atoms with van der Waals surface area (Å²) >= 11 is 0. The number of ketones is 1. The van der Waals surface area contributed by atoms with Gasteiger partial charge in [0.05, 0.1) is 12.2 Å². The second-order valence-corrected chi connectivity index (χ2v) is 2.86. The number of alkyl halides is 3. The number of hydrogen-bond acceptors (Lipinski definition) is 3. The van der Waals surface area contributed by atoms with Crippen LogP contribution in [0.25, 0.3) is 0 Å². The number of hydrogen-bond donors (Lipinski definition) is 2. The molecular weight excluding hydrogens is 211 g/mol. The normalized spacial score (nSPS) is 11.4. The van der Waals surface area contributed by atoms with Crippen LogP contribution in [-0.2, 0) is 11.3 Å². The number of anilines is 1. The van der Waals surface area contributed by atoms with Gasteiger partial charge >= 0.3 is 6.18 Å². The molecule has 1 rings (SSSR count). The van der Waals surface area contributed by atoms with Crippen molar-refractivity contribution in [2.24, 2.45) is 0 Å². The summed E-state index contributed by atoms with van der Waals surface area (Å²) in [7, 11) is 0. The summed E-state index contributed by atoms with van der Waals surface area (Å²) in [6.07, 6.45) is -3.69. The van der Waals surface area contributed by atoms with E-state index in [1.54, 1.807) is 0 Å². The van der Waals surface area contributed by atoms with Crippen molar-refractivity contribution >= 4 is 11.5 Å². The third-order valence-corrected chi connectivity index (χ3v) is 1.73. The highest BCUT2D eigenvalue weighted by atomic mass is 19.4. The number of carbonyl (C=O) groups excluding carboxylic acids is 1. The maximum atomic E-state index is 11.9. The number of carbonyl (C=O) groups is 1. The number of aromatic nitrogens is 1. The van der Waals surface area contributed by atoms with Crippen LogP contribution in [0.15, 0.2) is 18.3 Å². The van der Waals surface area contributed by atoms with Gasteiger partial charge < -0.3 is 10.3 Å². The van der Waals surface area contributed by atoms with Crippen molar-refractivity contribution < 1.29 is 18.0 Å². The topological polar surface area (TPSA) is 71.9 Å².